The number of piperidine rings is 1. The predicted octanol–water partition coefficient (Wildman–Crippen LogP) is 3.67. The molecule has 3 amide bonds. The molecule has 0 aromatic heterocycles. The maximum Gasteiger partial charge on any atom is 0.324 e. The molecule has 2 aromatic rings. The Labute approximate surface area is 190 Å². The van der Waals surface area contributed by atoms with Crippen molar-refractivity contribution in [2.24, 2.45) is 5.92 Å². The van der Waals surface area contributed by atoms with Gasteiger partial charge in [0.05, 0.1) is 7.11 Å². The van der Waals surface area contributed by atoms with E-state index in [0.29, 0.717) is 12.3 Å². The largest absolute Gasteiger partial charge is 0.497 e. The lowest BCUT2D eigenvalue weighted by Crippen LogP contribution is -2.57. The summed E-state index contributed by atoms with van der Waals surface area (Å²) in [5, 5.41) is 3.08. The van der Waals surface area contributed by atoms with Gasteiger partial charge in [0.2, 0.25) is 0 Å². The van der Waals surface area contributed by atoms with Crippen molar-refractivity contribution in [2.45, 2.75) is 37.6 Å². The molecular weight excluding hydrogens is 402 g/mol. The number of hydrogen-bond acceptors (Lipinski definition) is 4. The number of hydrogen-bond donors (Lipinski definition) is 1. The second-order valence-corrected chi connectivity index (χ2v) is 9.18. The van der Waals surface area contributed by atoms with Crippen LogP contribution in [0, 0.1) is 5.92 Å². The fourth-order valence-corrected chi connectivity index (χ4v) is 5.25. The number of ether oxygens (including phenoxy) is 1. The fourth-order valence-electron chi connectivity index (χ4n) is 5.25. The number of rotatable bonds is 7. The smallest absolute Gasteiger partial charge is 0.324 e. The van der Waals surface area contributed by atoms with Crippen LogP contribution in [0.5, 0.6) is 5.75 Å². The van der Waals surface area contributed by atoms with Gasteiger partial charge in [-0.15, -0.1) is 0 Å². The molecule has 0 saturated carbocycles. The zero-order chi connectivity index (χ0) is 22.7. The van der Waals surface area contributed by atoms with Crippen molar-refractivity contribution in [2.75, 3.05) is 33.8 Å². The molecule has 0 aliphatic carbocycles. The molecule has 170 valence electrons. The molecule has 2 atom stereocenters. The molecule has 2 fully saturated rings. The average Bonchev–Trinajstić information content (AvgIpc) is 3.04. The number of likely N-dealkylation sites (N-methyl/N-ethyl adjacent to an activating group) is 1. The molecule has 2 heterocycles. The third-order valence-corrected chi connectivity index (χ3v) is 7.12. The molecule has 2 aliphatic heterocycles. The highest BCUT2D eigenvalue weighted by Crippen LogP contribution is 2.37. The van der Waals surface area contributed by atoms with E-state index in [4.69, 9.17) is 4.74 Å². The quantitative estimate of drug-likeness (QED) is 0.674. The molecule has 1 N–H and O–H groups in total. The van der Waals surface area contributed by atoms with Crippen LogP contribution >= 0.6 is 0 Å². The predicted molar refractivity (Wildman–Crippen MR) is 125 cm³/mol. The van der Waals surface area contributed by atoms with E-state index in [-0.39, 0.29) is 17.9 Å². The second-order valence-electron chi connectivity index (χ2n) is 9.18. The Bertz CT molecular complexity index is 956. The first-order valence-electron chi connectivity index (χ1n) is 11.4. The van der Waals surface area contributed by atoms with Crippen LogP contribution in [0.3, 0.4) is 0 Å². The summed E-state index contributed by atoms with van der Waals surface area (Å²) in [6.07, 6.45) is 2.24. The van der Waals surface area contributed by atoms with Crippen LogP contribution in [-0.4, -0.2) is 61.1 Å². The van der Waals surface area contributed by atoms with Crippen molar-refractivity contribution < 1.29 is 14.3 Å². The zero-order valence-corrected chi connectivity index (χ0v) is 19.2. The molecule has 4 rings (SSSR count). The highest BCUT2D eigenvalue weighted by molar-refractivity contribution is 6.07. The van der Waals surface area contributed by atoms with Crippen LogP contribution in [0.15, 0.2) is 54.6 Å². The molecular formula is C26H33N3O3. The number of carbonyl (C=O) groups is 2. The molecule has 0 unspecified atom stereocenters. The first kappa shape index (κ1) is 22.3. The van der Waals surface area contributed by atoms with Crippen molar-refractivity contribution in [1.82, 2.24) is 15.1 Å². The van der Waals surface area contributed by atoms with Crippen molar-refractivity contribution in [3.8, 4) is 5.75 Å². The van der Waals surface area contributed by atoms with Crippen molar-refractivity contribution in [3.05, 3.63) is 65.7 Å². The van der Waals surface area contributed by atoms with Crippen molar-refractivity contribution >= 4 is 11.9 Å². The summed E-state index contributed by atoms with van der Waals surface area (Å²) in [6.45, 7) is 5.12. The number of benzene rings is 2. The molecule has 2 aromatic carbocycles. The van der Waals surface area contributed by atoms with Gasteiger partial charge in [0.1, 0.15) is 11.3 Å². The zero-order valence-electron chi connectivity index (χ0n) is 19.2. The van der Waals surface area contributed by atoms with Crippen LogP contribution in [0.2, 0.25) is 0 Å². The normalized spacial score (nSPS) is 23.3. The summed E-state index contributed by atoms with van der Waals surface area (Å²) < 4.78 is 5.36. The number of methoxy groups -OCH3 is 1. The maximum absolute atomic E-state index is 13.3. The summed E-state index contributed by atoms with van der Waals surface area (Å²) in [7, 11) is 3.21. The Morgan fingerprint density at radius 2 is 1.81 bits per heavy atom. The summed E-state index contributed by atoms with van der Waals surface area (Å²) in [4.78, 5) is 29.5. The summed E-state index contributed by atoms with van der Waals surface area (Å²) in [6, 6.07) is 18.1. The molecule has 2 saturated heterocycles. The van der Waals surface area contributed by atoms with E-state index in [0.717, 1.165) is 43.8 Å². The SMILES string of the molecule is COc1cccc(C[C@@]2(C3CCN(C[C@@H](C)c4ccccc4)CC3)NC(=O)N(C)C2=O)c1. The molecule has 32 heavy (non-hydrogen) atoms. The van der Waals surface area contributed by atoms with Gasteiger partial charge in [-0.25, -0.2) is 4.79 Å². The number of likely N-dealkylation sites (tertiary alicyclic amines) is 1. The van der Waals surface area contributed by atoms with E-state index in [1.165, 1.54) is 10.5 Å². The van der Waals surface area contributed by atoms with E-state index in [1.54, 1.807) is 14.2 Å². The van der Waals surface area contributed by atoms with E-state index in [9.17, 15) is 9.59 Å². The standard InChI is InChI=1S/C26H33N3O3/c1-19(21-9-5-4-6-10-21)18-29-14-12-22(13-15-29)26(24(30)28(2)25(31)27-26)17-20-8-7-11-23(16-20)32-3/h4-11,16,19,22H,12-15,17-18H2,1-3H3,(H,27,31)/t19-,26+/m1/s1. The van der Waals surface area contributed by atoms with Gasteiger partial charge in [-0.05, 0) is 61.0 Å². The summed E-state index contributed by atoms with van der Waals surface area (Å²) >= 11 is 0. The third kappa shape index (κ3) is 4.37. The van der Waals surface area contributed by atoms with E-state index < -0.39 is 5.54 Å². The number of urea groups is 1. The third-order valence-electron chi connectivity index (χ3n) is 7.12. The Kier molecular flexibility index (Phi) is 6.51. The highest BCUT2D eigenvalue weighted by Gasteiger charge is 2.54. The lowest BCUT2D eigenvalue weighted by atomic mass is 9.73. The molecule has 6 heteroatoms. The van der Waals surface area contributed by atoms with Crippen LogP contribution < -0.4 is 10.1 Å². The minimum absolute atomic E-state index is 0.0957. The molecule has 6 nitrogen and oxygen atoms in total. The van der Waals surface area contributed by atoms with Gasteiger partial charge in [-0.3, -0.25) is 9.69 Å². The Hall–Kier alpha value is -2.86. The van der Waals surface area contributed by atoms with Gasteiger partial charge in [0.25, 0.3) is 5.91 Å². The van der Waals surface area contributed by atoms with Gasteiger partial charge in [0, 0.05) is 20.0 Å². The maximum atomic E-state index is 13.3. The van der Waals surface area contributed by atoms with Crippen molar-refractivity contribution in [3.63, 3.8) is 0 Å². The molecule has 2 aliphatic rings. The number of carbonyl (C=O) groups excluding carboxylic acids is 2. The first-order chi connectivity index (χ1) is 15.4. The first-order valence-corrected chi connectivity index (χ1v) is 11.4. The van der Waals surface area contributed by atoms with Gasteiger partial charge >= 0.3 is 6.03 Å². The van der Waals surface area contributed by atoms with Crippen LogP contribution in [0.25, 0.3) is 0 Å². The number of imide groups is 1. The van der Waals surface area contributed by atoms with E-state index in [1.807, 2.05) is 30.3 Å². The lowest BCUT2D eigenvalue weighted by molar-refractivity contribution is -0.133. The van der Waals surface area contributed by atoms with Crippen LogP contribution in [-0.2, 0) is 11.2 Å². The number of nitrogens with one attached hydrogen (secondary N) is 1. The molecule has 0 bridgehead atoms. The Balaban J connectivity index is 1.48. The number of amides is 3. The monoisotopic (exact) mass is 435 g/mol. The van der Waals surface area contributed by atoms with Gasteiger partial charge in [-0.2, -0.15) is 0 Å². The van der Waals surface area contributed by atoms with Gasteiger partial charge in [-0.1, -0.05) is 49.4 Å². The highest BCUT2D eigenvalue weighted by atomic mass is 16.5. The second kappa shape index (κ2) is 9.33. The van der Waals surface area contributed by atoms with Crippen molar-refractivity contribution in [1.29, 1.82) is 0 Å². The lowest BCUT2D eigenvalue weighted by Gasteiger charge is -2.41. The topological polar surface area (TPSA) is 61.9 Å². The Morgan fingerprint density at radius 3 is 2.44 bits per heavy atom. The van der Waals surface area contributed by atoms with Gasteiger partial charge in [0.15, 0.2) is 0 Å². The molecule has 0 radical (unpaired) electrons. The summed E-state index contributed by atoms with van der Waals surface area (Å²) in [5.74, 6) is 1.18. The Morgan fingerprint density at radius 1 is 1.09 bits per heavy atom. The summed E-state index contributed by atoms with van der Waals surface area (Å²) in [5.41, 5.74) is 1.45. The van der Waals surface area contributed by atoms with E-state index in [2.05, 4.69) is 41.4 Å². The van der Waals surface area contributed by atoms with Gasteiger partial charge < -0.3 is 15.0 Å². The average molecular weight is 436 g/mol. The van der Waals surface area contributed by atoms with Crippen LogP contribution in [0.1, 0.15) is 36.8 Å². The minimum atomic E-state index is -0.894. The minimum Gasteiger partial charge on any atom is -0.497 e. The van der Waals surface area contributed by atoms with Crippen LogP contribution in [0.4, 0.5) is 4.79 Å². The number of nitrogens with zero attached hydrogens (tertiary/aromatic N) is 2. The fraction of sp³-hybridized carbons (Fsp3) is 0.462. The van der Waals surface area contributed by atoms with E-state index >= 15 is 0 Å². The molecule has 0 spiro atoms.